The smallest absolute Gasteiger partial charge is 0.330 e. The van der Waals surface area contributed by atoms with Crippen LogP contribution in [0.5, 0.6) is 11.5 Å². The number of nitrogens with one attached hydrogen (secondary N) is 1. The molecule has 1 aliphatic rings. The number of nitrogens with zero attached hydrogens (tertiary/aromatic N) is 4. The highest BCUT2D eigenvalue weighted by Gasteiger charge is 2.24. The number of nitro groups is 1. The first-order chi connectivity index (χ1) is 18.6. The Morgan fingerprint density at radius 2 is 1.79 bits per heavy atom. The number of ether oxygens (including phenoxy) is 2. The Kier molecular flexibility index (Phi) is 7.91. The van der Waals surface area contributed by atoms with Crippen molar-refractivity contribution in [2.75, 3.05) is 21.3 Å². The molecule has 2 heterocycles. The second kappa shape index (κ2) is 11.2. The molecule has 0 bridgehead atoms. The zero-order valence-electron chi connectivity index (χ0n) is 23.1. The van der Waals surface area contributed by atoms with Gasteiger partial charge in [-0.1, -0.05) is 17.7 Å². The lowest BCUT2D eigenvalue weighted by molar-refractivity contribution is -0.404. The number of fused-ring (bicyclic) bond motifs is 3. The van der Waals surface area contributed by atoms with Crippen LogP contribution in [0.25, 0.3) is 11.3 Å². The van der Waals surface area contributed by atoms with Crippen LogP contribution in [0.3, 0.4) is 0 Å². The van der Waals surface area contributed by atoms with Crippen LogP contribution in [0.1, 0.15) is 22.3 Å². The Balaban J connectivity index is 2.01. The maximum atomic E-state index is 14.0. The molecule has 3 aromatic rings. The fourth-order valence-electron chi connectivity index (χ4n) is 5.14. The summed E-state index contributed by atoms with van der Waals surface area (Å²) in [7, 11) is 4.72. The summed E-state index contributed by atoms with van der Waals surface area (Å²) in [5.74, 6) is 1.18. The van der Waals surface area contributed by atoms with E-state index in [9.17, 15) is 14.9 Å². The van der Waals surface area contributed by atoms with Crippen molar-refractivity contribution >= 4 is 5.69 Å². The predicted octanol–water partition coefficient (Wildman–Crippen LogP) is 2.71. The van der Waals surface area contributed by atoms with Crippen LogP contribution in [0.15, 0.2) is 52.0 Å². The third-order valence-electron chi connectivity index (χ3n) is 6.96. The Labute approximate surface area is 226 Å². The summed E-state index contributed by atoms with van der Waals surface area (Å²) in [6.07, 6.45) is 1.44. The van der Waals surface area contributed by atoms with E-state index in [1.54, 1.807) is 25.8 Å². The minimum Gasteiger partial charge on any atom is -0.493 e. The monoisotopic (exact) mass is 534 g/mol. The normalized spacial score (nSPS) is 13.9. The third kappa shape index (κ3) is 5.44. The fourth-order valence-corrected chi connectivity index (χ4v) is 5.14. The van der Waals surface area contributed by atoms with Gasteiger partial charge in [-0.25, -0.2) is 9.79 Å². The van der Waals surface area contributed by atoms with Crippen LogP contribution < -0.4 is 31.7 Å². The molecule has 2 aromatic carbocycles. The van der Waals surface area contributed by atoms with Gasteiger partial charge >= 0.3 is 5.69 Å². The van der Waals surface area contributed by atoms with Crippen molar-refractivity contribution < 1.29 is 14.4 Å². The molecular formula is C28H34N6O5. The van der Waals surface area contributed by atoms with E-state index in [0.29, 0.717) is 35.6 Å². The van der Waals surface area contributed by atoms with Gasteiger partial charge in [-0.2, -0.15) is 0 Å². The largest absolute Gasteiger partial charge is 0.493 e. The number of hydrogen-bond donors (Lipinski definition) is 2. The molecule has 1 aliphatic heterocycles. The molecule has 0 aliphatic carbocycles. The average Bonchev–Trinajstić information content (AvgIpc) is 2.89. The topological polar surface area (TPSA) is 139 Å². The molecule has 0 amide bonds. The van der Waals surface area contributed by atoms with E-state index in [4.69, 9.17) is 20.2 Å². The van der Waals surface area contributed by atoms with Crippen molar-refractivity contribution in [2.24, 2.45) is 10.7 Å². The van der Waals surface area contributed by atoms with Crippen LogP contribution in [0.2, 0.25) is 0 Å². The lowest BCUT2D eigenvalue weighted by Gasteiger charge is -2.25. The number of methoxy groups -OCH3 is 2. The maximum absolute atomic E-state index is 14.0. The van der Waals surface area contributed by atoms with E-state index in [1.807, 2.05) is 51.1 Å². The van der Waals surface area contributed by atoms with Crippen molar-refractivity contribution in [3.63, 3.8) is 0 Å². The first-order valence-electron chi connectivity index (χ1n) is 12.6. The molecule has 1 unspecified atom stereocenters. The van der Waals surface area contributed by atoms with Gasteiger partial charge in [-0.3, -0.25) is 19.2 Å². The van der Waals surface area contributed by atoms with Gasteiger partial charge in [-0.05, 0) is 56.0 Å². The summed E-state index contributed by atoms with van der Waals surface area (Å²) >= 11 is 0. The summed E-state index contributed by atoms with van der Waals surface area (Å²) in [6.45, 7) is 6.41. The highest BCUT2D eigenvalue weighted by atomic mass is 16.6. The molecule has 1 atom stereocenters. The molecule has 206 valence electrons. The molecule has 0 saturated heterocycles. The molecule has 39 heavy (non-hydrogen) atoms. The second-order valence-corrected chi connectivity index (χ2v) is 9.63. The Morgan fingerprint density at radius 1 is 1.15 bits per heavy atom. The molecule has 3 N–H and O–H groups in total. The molecule has 0 spiro atoms. The summed E-state index contributed by atoms with van der Waals surface area (Å²) in [6, 6.07) is 8.92. The molecular weight excluding hydrogens is 500 g/mol. The SMILES string of the molecule is CNC(=C[N+](=O)[O-])C(N)Cn1c(=Nc2c(C)cc(C)cc2C)cc2n(c1=O)CCc1cc(OC)c(OC)cc1-2. The standard InChI is InChI=1S/C28H34N6O5/c1-16-9-17(2)27(18(3)10-16)31-26-13-23-20-12-25(39-6)24(38-5)11-19(20)7-8-32(23)28(35)33(26)14-21(29)22(30-4)15-34(36)37/h9-13,15,21,30H,7-8,14,29H2,1-6H3. The zero-order chi connectivity index (χ0) is 28.4. The number of hydrogen-bond acceptors (Lipinski definition) is 8. The molecule has 4 rings (SSSR count). The first kappa shape index (κ1) is 27.6. The lowest BCUT2D eigenvalue weighted by Crippen LogP contribution is -2.47. The highest BCUT2D eigenvalue weighted by Crippen LogP contribution is 2.37. The van der Waals surface area contributed by atoms with Crippen molar-refractivity contribution in [2.45, 2.75) is 46.3 Å². The quantitative estimate of drug-likeness (QED) is 0.335. The van der Waals surface area contributed by atoms with Gasteiger partial charge in [0, 0.05) is 25.2 Å². The van der Waals surface area contributed by atoms with Crippen molar-refractivity contribution in [1.82, 2.24) is 14.5 Å². The number of benzene rings is 2. The summed E-state index contributed by atoms with van der Waals surface area (Å²) in [5.41, 5.74) is 13.0. The minimum atomic E-state index is -0.842. The lowest BCUT2D eigenvalue weighted by atomic mass is 9.97. The third-order valence-corrected chi connectivity index (χ3v) is 6.96. The van der Waals surface area contributed by atoms with Crippen molar-refractivity contribution in [1.29, 1.82) is 0 Å². The predicted molar refractivity (Wildman–Crippen MR) is 149 cm³/mol. The van der Waals surface area contributed by atoms with Crippen LogP contribution in [0.4, 0.5) is 5.69 Å². The maximum Gasteiger partial charge on any atom is 0.330 e. The van der Waals surface area contributed by atoms with E-state index in [1.165, 1.54) is 4.57 Å². The van der Waals surface area contributed by atoms with Gasteiger partial charge in [-0.15, -0.1) is 0 Å². The number of aryl methyl sites for hydroxylation is 4. The number of nitrogens with two attached hydrogens (primary N) is 1. The van der Waals surface area contributed by atoms with Crippen molar-refractivity contribution in [3.05, 3.63) is 90.6 Å². The van der Waals surface area contributed by atoms with E-state index >= 15 is 0 Å². The molecule has 0 fully saturated rings. The van der Waals surface area contributed by atoms with Crippen LogP contribution in [-0.2, 0) is 19.5 Å². The van der Waals surface area contributed by atoms with Crippen LogP contribution >= 0.6 is 0 Å². The van der Waals surface area contributed by atoms with E-state index in [0.717, 1.165) is 39.7 Å². The molecule has 1 aromatic heterocycles. The fraction of sp³-hybridized carbons (Fsp3) is 0.357. The van der Waals surface area contributed by atoms with Gasteiger partial charge in [0.05, 0.1) is 43.1 Å². The summed E-state index contributed by atoms with van der Waals surface area (Å²) in [5, 5.41) is 13.9. The van der Waals surface area contributed by atoms with Gasteiger partial charge in [0.1, 0.15) is 11.2 Å². The Morgan fingerprint density at radius 3 is 2.38 bits per heavy atom. The number of rotatable bonds is 8. The molecule has 0 radical (unpaired) electrons. The molecule has 0 saturated carbocycles. The Hall–Kier alpha value is -4.38. The average molecular weight is 535 g/mol. The number of aromatic nitrogens is 2. The first-order valence-corrected chi connectivity index (χ1v) is 12.6. The van der Waals surface area contributed by atoms with Crippen LogP contribution in [-0.4, -0.2) is 41.4 Å². The van der Waals surface area contributed by atoms with Crippen molar-refractivity contribution in [3.8, 4) is 22.8 Å². The van der Waals surface area contributed by atoms with E-state index in [-0.39, 0.29) is 17.9 Å². The second-order valence-electron chi connectivity index (χ2n) is 9.63. The van der Waals surface area contributed by atoms with Gasteiger partial charge in [0.15, 0.2) is 11.5 Å². The van der Waals surface area contributed by atoms with Gasteiger partial charge in [0.2, 0.25) is 0 Å². The zero-order valence-corrected chi connectivity index (χ0v) is 23.1. The molecule has 11 nitrogen and oxygen atoms in total. The summed E-state index contributed by atoms with van der Waals surface area (Å²) in [4.78, 5) is 29.5. The van der Waals surface area contributed by atoms with Crippen LogP contribution in [0, 0.1) is 30.9 Å². The Bertz CT molecular complexity index is 1580. The van der Waals surface area contributed by atoms with Gasteiger partial charge < -0.3 is 20.5 Å². The number of likely N-dealkylation sites (N-methyl/N-ethyl adjacent to an activating group) is 1. The van der Waals surface area contributed by atoms with Gasteiger partial charge in [0.25, 0.3) is 6.20 Å². The van der Waals surface area contributed by atoms with E-state index < -0.39 is 11.0 Å². The van der Waals surface area contributed by atoms with E-state index in [2.05, 4.69) is 5.32 Å². The summed E-state index contributed by atoms with van der Waals surface area (Å²) < 4.78 is 14.2. The molecule has 11 heteroatoms. The highest BCUT2D eigenvalue weighted by molar-refractivity contribution is 5.70. The minimum absolute atomic E-state index is 0.0127.